The standard InChI is InChI=1S/C10H16F3N3S/c1-8-15-9(6-17-8)5-16(4-3-14-2)7-10(11,12)13/h6,14H,3-5,7H2,1-2H3. The molecule has 0 unspecified atom stereocenters. The van der Waals surface area contributed by atoms with Crippen LogP contribution in [0, 0.1) is 6.92 Å². The topological polar surface area (TPSA) is 28.2 Å². The molecule has 0 aliphatic carbocycles. The van der Waals surface area contributed by atoms with E-state index in [4.69, 9.17) is 0 Å². The highest BCUT2D eigenvalue weighted by atomic mass is 32.1. The van der Waals surface area contributed by atoms with Crippen LogP contribution in [0.25, 0.3) is 0 Å². The van der Waals surface area contributed by atoms with Gasteiger partial charge >= 0.3 is 6.18 Å². The van der Waals surface area contributed by atoms with Crippen LogP contribution in [-0.2, 0) is 6.54 Å². The maximum Gasteiger partial charge on any atom is 0.401 e. The van der Waals surface area contributed by atoms with Crippen LogP contribution in [0.1, 0.15) is 10.7 Å². The van der Waals surface area contributed by atoms with E-state index in [1.807, 2.05) is 6.92 Å². The third kappa shape index (κ3) is 5.99. The molecule has 7 heteroatoms. The Balaban J connectivity index is 2.56. The lowest BCUT2D eigenvalue weighted by molar-refractivity contribution is -0.147. The van der Waals surface area contributed by atoms with Gasteiger partial charge in [-0.05, 0) is 14.0 Å². The van der Waals surface area contributed by atoms with Crippen molar-refractivity contribution in [1.82, 2.24) is 15.2 Å². The number of aromatic nitrogens is 1. The van der Waals surface area contributed by atoms with Crippen molar-refractivity contribution in [3.05, 3.63) is 16.1 Å². The number of aryl methyl sites for hydroxylation is 1. The van der Waals surface area contributed by atoms with Gasteiger partial charge in [0, 0.05) is 25.0 Å². The first kappa shape index (κ1) is 14.4. The molecular weight excluding hydrogens is 251 g/mol. The van der Waals surface area contributed by atoms with Crippen molar-refractivity contribution in [3.8, 4) is 0 Å². The van der Waals surface area contributed by atoms with Crippen molar-refractivity contribution in [2.75, 3.05) is 26.7 Å². The minimum atomic E-state index is -4.17. The van der Waals surface area contributed by atoms with Crippen molar-refractivity contribution in [2.45, 2.75) is 19.6 Å². The summed E-state index contributed by atoms with van der Waals surface area (Å²) in [5.74, 6) is 0. The van der Waals surface area contributed by atoms with Gasteiger partial charge in [-0.3, -0.25) is 4.90 Å². The van der Waals surface area contributed by atoms with Crippen LogP contribution in [0.15, 0.2) is 5.38 Å². The molecule has 0 saturated carbocycles. The molecule has 1 rings (SSSR count). The Hall–Kier alpha value is -0.660. The number of thiazole rings is 1. The monoisotopic (exact) mass is 267 g/mol. The zero-order chi connectivity index (χ0) is 12.9. The van der Waals surface area contributed by atoms with Gasteiger partial charge in [-0.15, -0.1) is 11.3 Å². The lowest BCUT2D eigenvalue weighted by Gasteiger charge is -2.22. The molecule has 1 N–H and O–H groups in total. The number of nitrogens with one attached hydrogen (secondary N) is 1. The Morgan fingerprint density at radius 1 is 1.47 bits per heavy atom. The van der Waals surface area contributed by atoms with Crippen molar-refractivity contribution in [2.24, 2.45) is 0 Å². The van der Waals surface area contributed by atoms with E-state index < -0.39 is 12.7 Å². The van der Waals surface area contributed by atoms with Crippen LogP contribution < -0.4 is 5.32 Å². The summed E-state index contributed by atoms with van der Waals surface area (Å²) in [4.78, 5) is 5.53. The molecule has 1 aromatic heterocycles. The number of likely N-dealkylation sites (N-methyl/N-ethyl adjacent to an activating group) is 1. The Kier molecular flexibility index (Phi) is 5.35. The Morgan fingerprint density at radius 3 is 2.65 bits per heavy atom. The Bertz CT molecular complexity index is 338. The smallest absolute Gasteiger partial charge is 0.318 e. The third-order valence-electron chi connectivity index (χ3n) is 2.13. The predicted molar refractivity (Wildman–Crippen MR) is 62.1 cm³/mol. The second-order valence-electron chi connectivity index (χ2n) is 3.79. The fraction of sp³-hybridized carbons (Fsp3) is 0.700. The van der Waals surface area contributed by atoms with Crippen LogP contribution in [0.2, 0.25) is 0 Å². The van der Waals surface area contributed by atoms with Crippen LogP contribution >= 0.6 is 11.3 Å². The van der Waals surface area contributed by atoms with Gasteiger partial charge in [-0.25, -0.2) is 4.98 Å². The molecule has 3 nitrogen and oxygen atoms in total. The Morgan fingerprint density at radius 2 is 2.18 bits per heavy atom. The maximum absolute atomic E-state index is 12.4. The average molecular weight is 267 g/mol. The molecule has 17 heavy (non-hydrogen) atoms. The molecular formula is C10H16F3N3S. The lowest BCUT2D eigenvalue weighted by Crippen LogP contribution is -2.37. The molecule has 0 saturated heterocycles. The minimum Gasteiger partial charge on any atom is -0.318 e. The van der Waals surface area contributed by atoms with Crippen LogP contribution in [0.3, 0.4) is 0 Å². The van der Waals surface area contributed by atoms with E-state index in [2.05, 4.69) is 10.3 Å². The molecule has 0 amide bonds. The highest BCUT2D eigenvalue weighted by Gasteiger charge is 2.30. The largest absolute Gasteiger partial charge is 0.401 e. The first-order valence-electron chi connectivity index (χ1n) is 5.25. The quantitative estimate of drug-likeness (QED) is 0.855. The van der Waals surface area contributed by atoms with Crippen LogP contribution in [0.5, 0.6) is 0 Å². The molecule has 0 bridgehead atoms. The number of hydrogen-bond acceptors (Lipinski definition) is 4. The van der Waals surface area contributed by atoms with E-state index >= 15 is 0 Å². The minimum absolute atomic E-state index is 0.242. The van der Waals surface area contributed by atoms with Crippen LogP contribution in [0.4, 0.5) is 13.2 Å². The lowest BCUT2D eigenvalue weighted by atomic mass is 10.4. The van der Waals surface area contributed by atoms with Gasteiger partial charge in [-0.1, -0.05) is 0 Å². The average Bonchev–Trinajstić information content (AvgIpc) is 2.58. The van der Waals surface area contributed by atoms with E-state index in [9.17, 15) is 13.2 Å². The summed E-state index contributed by atoms with van der Waals surface area (Å²) in [6.45, 7) is 2.07. The van der Waals surface area contributed by atoms with E-state index in [0.717, 1.165) is 5.01 Å². The molecule has 0 radical (unpaired) electrons. The zero-order valence-corrected chi connectivity index (χ0v) is 10.7. The number of nitrogens with zero attached hydrogens (tertiary/aromatic N) is 2. The summed E-state index contributed by atoms with van der Waals surface area (Å²) >= 11 is 1.45. The van der Waals surface area contributed by atoms with Gasteiger partial charge in [-0.2, -0.15) is 13.2 Å². The molecule has 1 aromatic rings. The maximum atomic E-state index is 12.4. The van der Waals surface area contributed by atoms with E-state index in [0.29, 0.717) is 18.8 Å². The van der Waals surface area contributed by atoms with Crippen molar-refractivity contribution in [1.29, 1.82) is 0 Å². The van der Waals surface area contributed by atoms with Gasteiger partial charge < -0.3 is 5.32 Å². The summed E-state index contributed by atoms with van der Waals surface area (Å²) < 4.78 is 37.1. The third-order valence-corrected chi connectivity index (χ3v) is 2.96. The number of alkyl halides is 3. The molecule has 0 fully saturated rings. The highest BCUT2D eigenvalue weighted by Crippen LogP contribution is 2.18. The van der Waals surface area contributed by atoms with Gasteiger partial charge in [0.2, 0.25) is 0 Å². The zero-order valence-electron chi connectivity index (χ0n) is 9.84. The summed E-state index contributed by atoms with van der Waals surface area (Å²) in [5.41, 5.74) is 0.702. The normalized spacial score (nSPS) is 12.4. The van der Waals surface area contributed by atoms with Gasteiger partial charge in [0.25, 0.3) is 0 Å². The molecule has 98 valence electrons. The first-order valence-corrected chi connectivity index (χ1v) is 6.13. The summed E-state index contributed by atoms with van der Waals surface area (Å²) in [5, 5.41) is 5.53. The number of halogens is 3. The van der Waals surface area contributed by atoms with E-state index in [-0.39, 0.29) is 6.54 Å². The van der Waals surface area contributed by atoms with Crippen molar-refractivity contribution >= 4 is 11.3 Å². The van der Waals surface area contributed by atoms with Crippen LogP contribution in [-0.4, -0.2) is 42.7 Å². The van der Waals surface area contributed by atoms with E-state index in [1.165, 1.54) is 16.2 Å². The first-order chi connectivity index (χ1) is 7.90. The molecule has 0 aromatic carbocycles. The fourth-order valence-electron chi connectivity index (χ4n) is 1.45. The number of rotatable bonds is 6. The fourth-order valence-corrected chi connectivity index (χ4v) is 2.05. The molecule has 1 heterocycles. The molecule has 0 aliphatic heterocycles. The second-order valence-corrected chi connectivity index (χ2v) is 4.85. The second kappa shape index (κ2) is 6.32. The van der Waals surface area contributed by atoms with Gasteiger partial charge in [0.1, 0.15) is 0 Å². The van der Waals surface area contributed by atoms with Gasteiger partial charge in [0.15, 0.2) is 0 Å². The summed E-state index contributed by atoms with van der Waals surface area (Å²) in [7, 11) is 1.72. The SMILES string of the molecule is CNCCN(Cc1csc(C)n1)CC(F)(F)F. The van der Waals surface area contributed by atoms with E-state index in [1.54, 1.807) is 12.4 Å². The van der Waals surface area contributed by atoms with Gasteiger partial charge in [0.05, 0.1) is 17.2 Å². The molecule has 0 aliphatic rings. The highest BCUT2D eigenvalue weighted by molar-refractivity contribution is 7.09. The number of hydrogen-bond donors (Lipinski definition) is 1. The molecule has 0 spiro atoms. The molecule has 0 atom stereocenters. The van der Waals surface area contributed by atoms with Crippen molar-refractivity contribution < 1.29 is 13.2 Å². The van der Waals surface area contributed by atoms with Crippen molar-refractivity contribution in [3.63, 3.8) is 0 Å². The predicted octanol–water partition coefficient (Wildman–Crippen LogP) is 2.04. The summed E-state index contributed by atoms with van der Waals surface area (Å²) in [6.07, 6.45) is -4.17. The Labute approximate surface area is 103 Å². The summed E-state index contributed by atoms with van der Waals surface area (Å²) in [6, 6.07) is 0.